The molecule has 1 rings (SSSR count). The van der Waals surface area contributed by atoms with Gasteiger partial charge in [0.05, 0.1) is 6.61 Å². The molecule has 0 atom stereocenters. The zero-order valence-corrected chi connectivity index (χ0v) is 9.53. The van der Waals surface area contributed by atoms with E-state index >= 15 is 0 Å². The molecule has 4 heteroatoms. The van der Waals surface area contributed by atoms with Crippen LogP contribution in [-0.2, 0) is 4.79 Å². The summed E-state index contributed by atoms with van der Waals surface area (Å²) in [7, 11) is 0. The standard InChI is InChI=1S/C12H18N2O2/c1-2-12(15)14-10-5-3-6-11(9-10)16-8-4-7-13/h3,5-6,9H,2,4,7-8,13H2,1H3,(H,14,15). The van der Waals surface area contributed by atoms with Gasteiger partial charge in [0.2, 0.25) is 5.91 Å². The van der Waals surface area contributed by atoms with Crippen molar-refractivity contribution in [3.8, 4) is 5.75 Å². The number of carbonyl (C=O) groups is 1. The normalized spacial score (nSPS) is 9.88. The molecule has 0 unspecified atom stereocenters. The quantitative estimate of drug-likeness (QED) is 0.721. The molecular weight excluding hydrogens is 204 g/mol. The molecule has 0 fully saturated rings. The van der Waals surface area contributed by atoms with Gasteiger partial charge < -0.3 is 15.8 Å². The van der Waals surface area contributed by atoms with Crippen molar-refractivity contribution in [2.75, 3.05) is 18.5 Å². The predicted molar refractivity (Wildman–Crippen MR) is 64.5 cm³/mol. The van der Waals surface area contributed by atoms with Crippen LogP contribution in [0.3, 0.4) is 0 Å². The number of carbonyl (C=O) groups excluding carboxylic acids is 1. The van der Waals surface area contributed by atoms with E-state index in [0.717, 1.165) is 17.9 Å². The lowest BCUT2D eigenvalue weighted by atomic mass is 10.3. The predicted octanol–water partition coefficient (Wildman–Crippen LogP) is 1.76. The number of nitrogens with one attached hydrogen (secondary N) is 1. The lowest BCUT2D eigenvalue weighted by Crippen LogP contribution is -2.10. The van der Waals surface area contributed by atoms with Crippen molar-refractivity contribution in [1.82, 2.24) is 0 Å². The Bertz CT molecular complexity index is 340. The maximum Gasteiger partial charge on any atom is 0.224 e. The summed E-state index contributed by atoms with van der Waals surface area (Å²) in [4.78, 5) is 11.2. The van der Waals surface area contributed by atoms with Gasteiger partial charge in [-0.3, -0.25) is 4.79 Å². The fourth-order valence-electron chi connectivity index (χ4n) is 1.19. The van der Waals surface area contributed by atoms with Crippen LogP contribution in [0.1, 0.15) is 19.8 Å². The van der Waals surface area contributed by atoms with E-state index in [1.807, 2.05) is 31.2 Å². The van der Waals surface area contributed by atoms with Crippen molar-refractivity contribution in [2.24, 2.45) is 5.73 Å². The average Bonchev–Trinajstić information content (AvgIpc) is 2.30. The Hall–Kier alpha value is -1.55. The smallest absolute Gasteiger partial charge is 0.224 e. The molecule has 0 aliphatic heterocycles. The second-order valence-electron chi connectivity index (χ2n) is 3.42. The molecular formula is C12H18N2O2. The van der Waals surface area contributed by atoms with E-state index < -0.39 is 0 Å². The van der Waals surface area contributed by atoms with Crippen LogP contribution in [0, 0.1) is 0 Å². The summed E-state index contributed by atoms with van der Waals surface area (Å²) in [6, 6.07) is 7.36. The van der Waals surface area contributed by atoms with E-state index in [0.29, 0.717) is 19.6 Å². The molecule has 3 N–H and O–H groups in total. The van der Waals surface area contributed by atoms with Crippen molar-refractivity contribution in [3.05, 3.63) is 24.3 Å². The second kappa shape index (κ2) is 6.85. The third-order valence-corrected chi connectivity index (χ3v) is 2.06. The number of nitrogens with two attached hydrogens (primary N) is 1. The van der Waals surface area contributed by atoms with Crippen molar-refractivity contribution in [3.63, 3.8) is 0 Å². The largest absolute Gasteiger partial charge is 0.493 e. The first-order chi connectivity index (χ1) is 7.76. The van der Waals surface area contributed by atoms with Crippen LogP contribution >= 0.6 is 0 Å². The average molecular weight is 222 g/mol. The number of benzene rings is 1. The third-order valence-electron chi connectivity index (χ3n) is 2.06. The summed E-state index contributed by atoms with van der Waals surface area (Å²) in [6.07, 6.45) is 1.30. The van der Waals surface area contributed by atoms with Crippen molar-refractivity contribution in [2.45, 2.75) is 19.8 Å². The molecule has 0 heterocycles. The fourth-order valence-corrected chi connectivity index (χ4v) is 1.19. The Morgan fingerprint density at radius 1 is 1.50 bits per heavy atom. The van der Waals surface area contributed by atoms with E-state index in [1.54, 1.807) is 0 Å². The summed E-state index contributed by atoms with van der Waals surface area (Å²) in [5, 5.41) is 2.78. The van der Waals surface area contributed by atoms with Gasteiger partial charge >= 0.3 is 0 Å². The SMILES string of the molecule is CCC(=O)Nc1cccc(OCCCN)c1. The maximum atomic E-state index is 11.2. The van der Waals surface area contributed by atoms with Crippen LogP contribution in [-0.4, -0.2) is 19.1 Å². The summed E-state index contributed by atoms with van der Waals surface area (Å²) in [6.45, 7) is 3.03. The monoisotopic (exact) mass is 222 g/mol. The van der Waals surface area contributed by atoms with Gasteiger partial charge in [0, 0.05) is 18.2 Å². The second-order valence-corrected chi connectivity index (χ2v) is 3.42. The molecule has 0 aliphatic rings. The van der Waals surface area contributed by atoms with E-state index in [9.17, 15) is 4.79 Å². The molecule has 4 nitrogen and oxygen atoms in total. The molecule has 1 aromatic carbocycles. The first kappa shape index (κ1) is 12.5. The van der Waals surface area contributed by atoms with E-state index in [-0.39, 0.29) is 5.91 Å². The van der Waals surface area contributed by atoms with Gasteiger partial charge in [-0.15, -0.1) is 0 Å². The van der Waals surface area contributed by atoms with Crippen LogP contribution in [0.4, 0.5) is 5.69 Å². The number of anilines is 1. The lowest BCUT2D eigenvalue weighted by Gasteiger charge is -2.08. The van der Waals surface area contributed by atoms with Gasteiger partial charge in [-0.1, -0.05) is 13.0 Å². The molecule has 16 heavy (non-hydrogen) atoms. The third kappa shape index (κ3) is 4.31. The molecule has 0 spiro atoms. The minimum atomic E-state index is -0.000826. The van der Waals surface area contributed by atoms with Gasteiger partial charge in [-0.25, -0.2) is 0 Å². The van der Waals surface area contributed by atoms with Gasteiger partial charge in [-0.2, -0.15) is 0 Å². The lowest BCUT2D eigenvalue weighted by molar-refractivity contribution is -0.115. The Morgan fingerprint density at radius 2 is 2.31 bits per heavy atom. The van der Waals surface area contributed by atoms with Crippen LogP contribution in [0.5, 0.6) is 5.75 Å². The summed E-state index contributed by atoms with van der Waals surface area (Å²) < 4.78 is 5.47. The highest BCUT2D eigenvalue weighted by molar-refractivity contribution is 5.90. The summed E-state index contributed by atoms with van der Waals surface area (Å²) >= 11 is 0. The molecule has 1 aromatic rings. The molecule has 0 bridgehead atoms. The summed E-state index contributed by atoms with van der Waals surface area (Å²) in [5.74, 6) is 0.751. The van der Waals surface area contributed by atoms with Crippen LogP contribution in [0.15, 0.2) is 24.3 Å². The highest BCUT2D eigenvalue weighted by Gasteiger charge is 2.00. The Balaban J connectivity index is 2.53. The molecule has 1 amide bonds. The zero-order chi connectivity index (χ0) is 11.8. The van der Waals surface area contributed by atoms with Gasteiger partial charge in [-0.05, 0) is 25.1 Å². The number of rotatable bonds is 6. The van der Waals surface area contributed by atoms with Gasteiger partial charge in [0.1, 0.15) is 5.75 Å². The topological polar surface area (TPSA) is 64.3 Å². The minimum Gasteiger partial charge on any atom is -0.493 e. The number of hydrogen-bond donors (Lipinski definition) is 2. The van der Waals surface area contributed by atoms with Crippen LogP contribution in [0.25, 0.3) is 0 Å². The van der Waals surface area contributed by atoms with Crippen LogP contribution < -0.4 is 15.8 Å². The van der Waals surface area contributed by atoms with Crippen molar-refractivity contribution < 1.29 is 9.53 Å². The Morgan fingerprint density at radius 3 is 3.00 bits per heavy atom. The number of hydrogen-bond acceptors (Lipinski definition) is 3. The highest BCUT2D eigenvalue weighted by atomic mass is 16.5. The zero-order valence-electron chi connectivity index (χ0n) is 9.53. The maximum absolute atomic E-state index is 11.2. The minimum absolute atomic E-state index is 0.000826. The Labute approximate surface area is 95.8 Å². The van der Waals surface area contributed by atoms with E-state index in [1.165, 1.54) is 0 Å². The van der Waals surface area contributed by atoms with Crippen molar-refractivity contribution >= 4 is 11.6 Å². The summed E-state index contributed by atoms with van der Waals surface area (Å²) in [5.41, 5.74) is 6.13. The van der Waals surface area contributed by atoms with Gasteiger partial charge in [0.15, 0.2) is 0 Å². The van der Waals surface area contributed by atoms with E-state index in [4.69, 9.17) is 10.5 Å². The first-order valence-electron chi connectivity index (χ1n) is 5.49. The van der Waals surface area contributed by atoms with E-state index in [2.05, 4.69) is 5.32 Å². The highest BCUT2D eigenvalue weighted by Crippen LogP contribution is 2.17. The van der Waals surface area contributed by atoms with Gasteiger partial charge in [0.25, 0.3) is 0 Å². The molecule has 0 saturated carbocycles. The molecule has 0 aliphatic carbocycles. The van der Waals surface area contributed by atoms with Crippen LogP contribution in [0.2, 0.25) is 0 Å². The van der Waals surface area contributed by atoms with Crippen molar-refractivity contribution in [1.29, 1.82) is 0 Å². The number of amides is 1. The first-order valence-corrected chi connectivity index (χ1v) is 5.49. The molecule has 0 saturated heterocycles. The molecule has 88 valence electrons. The Kier molecular flexibility index (Phi) is 5.36. The fraction of sp³-hybridized carbons (Fsp3) is 0.417. The molecule has 0 aromatic heterocycles. The number of ether oxygens (including phenoxy) is 1. The molecule has 0 radical (unpaired) electrons.